The van der Waals surface area contributed by atoms with Crippen molar-refractivity contribution in [2.24, 2.45) is 0 Å². The van der Waals surface area contributed by atoms with Crippen LogP contribution in [-0.2, 0) is 4.79 Å². The van der Waals surface area contributed by atoms with Crippen LogP contribution in [0.15, 0.2) is 34.6 Å². The Balaban J connectivity index is 3.28. The quantitative estimate of drug-likeness (QED) is 0.839. The molecule has 1 rings (SSSR count). The minimum absolute atomic E-state index is 0.0495. The van der Waals surface area contributed by atoms with Gasteiger partial charge in [0.1, 0.15) is 4.91 Å². The van der Waals surface area contributed by atoms with E-state index < -0.39 is 17.6 Å². The second-order valence-corrected chi connectivity index (χ2v) is 5.00. The van der Waals surface area contributed by atoms with Crippen molar-refractivity contribution in [1.29, 1.82) is 0 Å². The van der Waals surface area contributed by atoms with Crippen LogP contribution in [0.2, 0.25) is 0 Å². The Bertz CT molecular complexity index is 536. The summed E-state index contributed by atoms with van der Waals surface area (Å²) in [6.07, 6.45) is 0. The Labute approximate surface area is 108 Å². The van der Waals surface area contributed by atoms with Crippen LogP contribution < -0.4 is 0 Å². The van der Waals surface area contributed by atoms with Gasteiger partial charge in [0, 0.05) is 0 Å². The molecule has 0 spiro atoms. The molecule has 1 aromatic rings. The first-order valence-corrected chi connectivity index (χ1v) is 5.87. The largest absolute Gasteiger partial charge is 0.477 e. The summed E-state index contributed by atoms with van der Waals surface area (Å²) in [5, 5.41) is 9.09. The molecular formula is C13H12F2O2S. The van der Waals surface area contributed by atoms with Gasteiger partial charge in [0.25, 0.3) is 0 Å². The average Bonchev–Trinajstić information content (AvgIpc) is 2.28. The normalized spacial score (nSPS) is 12.0. The van der Waals surface area contributed by atoms with E-state index in [9.17, 15) is 13.6 Å². The van der Waals surface area contributed by atoms with Crippen LogP contribution in [0.4, 0.5) is 8.78 Å². The van der Waals surface area contributed by atoms with Crippen LogP contribution in [-0.4, -0.2) is 11.1 Å². The summed E-state index contributed by atoms with van der Waals surface area (Å²) >= 11 is 0.990. The summed E-state index contributed by atoms with van der Waals surface area (Å²) in [5.41, 5.74) is 0.703. The molecule has 0 heterocycles. The van der Waals surface area contributed by atoms with Gasteiger partial charge in [0.05, 0.1) is 0 Å². The molecule has 1 aromatic carbocycles. The molecule has 0 bridgehead atoms. The van der Waals surface area contributed by atoms with Crippen molar-refractivity contribution >= 4 is 23.3 Å². The molecule has 0 saturated carbocycles. The Hall–Kier alpha value is -1.62. The Morgan fingerprint density at radius 3 is 2.33 bits per heavy atom. The number of benzene rings is 1. The van der Waals surface area contributed by atoms with Crippen LogP contribution in [0.3, 0.4) is 0 Å². The third-order valence-corrected chi connectivity index (χ3v) is 3.20. The highest BCUT2D eigenvalue weighted by Crippen LogP contribution is 2.31. The van der Waals surface area contributed by atoms with E-state index in [1.807, 2.05) is 0 Å². The van der Waals surface area contributed by atoms with Gasteiger partial charge in [-0.2, -0.15) is 0 Å². The molecule has 0 aliphatic rings. The molecule has 2 nitrogen and oxygen atoms in total. The highest BCUT2D eigenvalue weighted by atomic mass is 32.2. The van der Waals surface area contributed by atoms with E-state index in [4.69, 9.17) is 5.11 Å². The van der Waals surface area contributed by atoms with Crippen molar-refractivity contribution in [3.05, 3.63) is 51.8 Å². The van der Waals surface area contributed by atoms with Gasteiger partial charge < -0.3 is 5.11 Å². The van der Waals surface area contributed by atoms with Crippen LogP contribution in [0.5, 0.6) is 0 Å². The lowest BCUT2D eigenvalue weighted by molar-refractivity contribution is -0.131. The maximum Gasteiger partial charge on any atom is 0.342 e. The van der Waals surface area contributed by atoms with E-state index in [1.54, 1.807) is 13.8 Å². The van der Waals surface area contributed by atoms with Gasteiger partial charge in [0.2, 0.25) is 0 Å². The van der Waals surface area contributed by atoms with E-state index in [0.717, 1.165) is 23.9 Å². The molecule has 1 N–H and O–H groups in total. The van der Waals surface area contributed by atoms with Gasteiger partial charge in [-0.05, 0) is 42.0 Å². The summed E-state index contributed by atoms with van der Waals surface area (Å²) in [6, 6.07) is 3.29. The Morgan fingerprint density at radius 1 is 1.28 bits per heavy atom. The van der Waals surface area contributed by atoms with Crippen molar-refractivity contribution < 1.29 is 18.7 Å². The average molecular weight is 270 g/mol. The molecule has 0 fully saturated rings. The monoisotopic (exact) mass is 270 g/mol. The number of carboxylic acid groups (broad SMARTS) is 1. The van der Waals surface area contributed by atoms with E-state index >= 15 is 0 Å². The number of hydrogen-bond acceptors (Lipinski definition) is 2. The number of allylic oxidation sites excluding steroid dienone is 2. The Morgan fingerprint density at radius 2 is 1.89 bits per heavy atom. The van der Waals surface area contributed by atoms with Gasteiger partial charge in [-0.25, -0.2) is 13.6 Å². The van der Waals surface area contributed by atoms with Crippen molar-refractivity contribution in [3.8, 4) is 0 Å². The molecule has 0 radical (unpaired) electrons. The fourth-order valence-corrected chi connectivity index (χ4v) is 2.02. The van der Waals surface area contributed by atoms with Crippen LogP contribution in [0, 0.1) is 11.6 Å². The van der Waals surface area contributed by atoms with Crippen LogP contribution >= 0.6 is 11.8 Å². The molecule has 0 amide bonds. The zero-order valence-corrected chi connectivity index (χ0v) is 10.8. The zero-order chi connectivity index (χ0) is 13.9. The van der Waals surface area contributed by atoms with Crippen molar-refractivity contribution in [2.45, 2.75) is 13.8 Å². The minimum Gasteiger partial charge on any atom is -0.477 e. The maximum absolute atomic E-state index is 13.1. The third-order valence-electron chi connectivity index (χ3n) is 2.16. The second kappa shape index (κ2) is 5.82. The standard InChI is InChI=1S/C13H12F2O2S/c1-7(2)18-12(13(16)17)8(3)9-4-5-10(14)11(15)6-9/h4-6H,1H2,2-3H3,(H,16,17)/b12-8+. The van der Waals surface area contributed by atoms with Gasteiger partial charge in [-0.15, -0.1) is 0 Å². The molecule has 96 valence electrons. The molecule has 0 aliphatic carbocycles. The minimum atomic E-state index is -1.12. The summed E-state index contributed by atoms with van der Waals surface area (Å²) in [5.74, 6) is -3.09. The third kappa shape index (κ3) is 3.43. The number of carbonyl (C=O) groups is 1. The Kier molecular flexibility index (Phi) is 4.67. The van der Waals surface area contributed by atoms with Gasteiger partial charge in [-0.3, -0.25) is 0 Å². The summed E-state index contributed by atoms with van der Waals surface area (Å²) < 4.78 is 25.9. The molecule has 0 saturated heterocycles. The fraction of sp³-hybridized carbons (Fsp3) is 0.154. The second-order valence-electron chi connectivity index (χ2n) is 3.69. The molecule has 0 aromatic heterocycles. The van der Waals surface area contributed by atoms with Gasteiger partial charge in [-0.1, -0.05) is 24.4 Å². The molecule has 5 heteroatoms. The number of carboxylic acids is 1. The first-order chi connectivity index (χ1) is 8.32. The van der Waals surface area contributed by atoms with Crippen molar-refractivity contribution in [3.63, 3.8) is 0 Å². The lowest BCUT2D eigenvalue weighted by Gasteiger charge is -2.08. The number of hydrogen-bond donors (Lipinski definition) is 1. The zero-order valence-electron chi connectivity index (χ0n) is 9.96. The highest BCUT2D eigenvalue weighted by molar-refractivity contribution is 8.07. The molecule has 18 heavy (non-hydrogen) atoms. The number of thioether (sulfide) groups is 1. The van der Waals surface area contributed by atoms with E-state index in [2.05, 4.69) is 6.58 Å². The van der Waals surface area contributed by atoms with Gasteiger partial charge >= 0.3 is 5.97 Å². The van der Waals surface area contributed by atoms with E-state index in [0.29, 0.717) is 16.0 Å². The van der Waals surface area contributed by atoms with E-state index in [-0.39, 0.29) is 4.91 Å². The lowest BCUT2D eigenvalue weighted by atomic mass is 10.1. The predicted molar refractivity (Wildman–Crippen MR) is 69.0 cm³/mol. The first kappa shape index (κ1) is 14.4. The molecule has 0 unspecified atom stereocenters. The van der Waals surface area contributed by atoms with E-state index in [1.165, 1.54) is 6.07 Å². The molecule has 0 atom stereocenters. The topological polar surface area (TPSA) is 37.3 Å². The molecular weight excluding hydrogens is 258 g/mol. The lowest BCUT2D eigenvalue weighted by Crippen LogP contribution is -2.00. The summed E-state index contributed by atoms with van der Waals surface area (Å²) in [6.45, 7) is 6.84. The first-order valence-electron chi connectivity index (χ1n) is 5.06. The predicted octanol–water partition coefficient (Wildman–Crippen LogP) is 4.05. The number of rotatable bonds is 4. The van der Waals surface area contributed by atoms with Crippen molar-refractivity contribution in [2.75, 3.05) is 0 Å². The van der Waals surface area contributed by atoms with Crippen LogP contribution in [0.1, 0.15) is 19.4 Å². The summed E-state index contributed by atoms with van der Waals surface area (Å²) in [7, 11) is 0. The fourth-order valence-electron chi connectivity index (χ4n) is 1.32. The summed E-state index contributed by atoms with van der Waals surface area (Å²) in [4.78, 5) is 11.8. The number of aliphatic carboxylic acids is 1. The smallest absolute Gasteiger partial charge is 0.342 e. The maximum atomic E-state index is 13.1. The molecule has 0 aliphatic heterocycles. The van der Waals surface area contributed by atoms with Gasteiger partial charge in [0.15, 0.2) is 11.6 Å². The SMILES string of the molecule is C=C(C)S/C(C(=O)O)=C(\C)c1ccc(F)c(F)c1. The van der Waals surface area contributed by atoms with Crippen LogP contribution in [0.25, 0.3) is 5.57 Å². The number of halogens is 2. The highest BCUT2D eigenvalue weighted by Gasteiger charge is 2.15. The van der Waals surface area contributed by atoms with Crippen molar-refractivity contribution in [1.82, 2.24) is 0 Å².